The van der Waals surface area contributed by atoms with E-state index in [1.54, 1.807) is 30.5 Å². The topological polar surface area (TPSA) is 101 Å². The van der Waals surface area contributed by atoms with Crippen LogP contribution in [0.25, 0.3) is 0 Å². The second kappa shape index (κ2) is 9.32. The quantitative estimate of drug-likeness (QED) is 0.678. The van der Waals surface area contributed by atoms with Crippen LogP contribution < -0.4 is 15.5 Å². The molecule has 1 fully saturated rings. The molecule has 3 amide bonds. The molecule has 0 unspecified atom stereocenters. The van der Waals surface area contributed by atoms with Crippen LogP contribution in [0.5, 0.6) is 0 Å². The van der Waals surface area contributed by atoms with Gasteiger partial charge in [0.15, 0.2) is 5.82 Å². The van der Waals surface area contributed by atoms with Gasteiger partial charge in [-0.25, -0.2) is 4.79 Å². The third-order valence-corrected chi connectivity index (χ3v) is 4.62. The van der Waals surface area contributed by atoms with Crippen molar-refractivity contribution in [3.8, 4) is 0 Å². The Morgan fingerprint density at radius 1 is 1.39 bits per heavy atom. The maximum absolute atomic E-state index is 12.4. The molecule has 0 aliphatic carbocycles. The first-order valence-electron chi connectivity index (χ1n) is 9.43. The number of nitrogens with one attached hydrogen (secondary N) is 2. The Hall–Kier alpha value is -2.94. The molecule has 28 heavy (non-hydrogen) atoms. The van der Waals surface area contributed by atoms with Crippen molar-refractivity contribution in [2.24, 2.45) is 0 Å². The molecular weight excluding hydrogens is 360 g/mol. The van der Waals surface area contributed by atoms with Crippen LogP contribution in [0.1, 0.15) is 38.1 Å². The Bertz CT molecular complexity index is 822. The summed E-state index contributed by atoms with van der Waals surface area (Å²) >= 11 is 0. The third kappa shape index (κ3) is 4.86. The largest absolute Gasteiger partial charge is 0.385 e. The number of nitrogens with zero attached hydrogens (tertiary/aromatic N) is 4. The maximum Gasteiger partial charge on any atom is 0.319 e. The summed E-state index contributed by atoms with van der Waals surface area (Å²) in [5.41, 5.74) is 1.43. The molecule has 2 aromatic rings. The molecule has 3 rings (SSSR count). The van der Waals surface area contributed by atoms with Crippen LogP contribution in [0.3, 0.4) is 0 Å². The number of benzene rings is 1. The van der Waals surface area contributed by atoms with Gasteiger partial charge < -0.3 is 24.8 Å². The van der Waals surface area contributed by atoms with E-state index in [0.29, 0.717) is 31.1 Å². The smallest absolute Gasteiger partial charge is 0.319 e. The summed E-state index contributed by atoms with van der Waals surface area (Å²) in [6.07, 6.45) is 3.92. The van der Waals surface area contributed by atoms with E-state index in [4.69, 9.17) is 4.74 Å². The molecule has 1 saturated heterocycles. The minimum Gasteiger partial charge on any atom is -0.385 e. The number of methoxy groups -OCH3 is 1. The van der Waals surface area contributed by atoms with Crippen molar-refractivity contribution >= 4 is 23.3 Å². The third-order valence-electron chi connectivity index (χ3n) is 4.62. The Labute approximate surface area is 164 Å². The van der Waals surface area contributed by atoms with Gasteiger partial charge >= 0.3 is 6.03 Å². The average molecular weight is 386 g/mol. The molecule has 150 valence electrons. The molecule has 0 saturated carbocycles. The molecule has 9 heteroatoms. The van der Waals surface area contributed by atoms with Gasteiger partial charge in [0.2, 0.25) is 5.91 Å². The lowest BCUT2D eigenvalue weighted by Crippen LogP contribution is -2.32. The zero-order valence-corrected chi connectivity index (χ0v) is 16.2. The predicted octanol–water partition coefficient (Wildman–Crippen LogP) is 2.32. The SMILES string of the molecule is COCCCn1cnnc1[C@H](C)NC(=O)Nc1cccc(N2CCCC2=O)c1. The molecule has 1 aromatic heterocycles. The zero-order valence-electron chi connectivity index (χ0n) is 16.2. The van der Waals surface area contributed by atoms with Crippen molar-refractivity contribution in [2.75, 3.05) is 30.5 Å². The second-order valence-corrected chi connectivity index (χ2v) is 6.75. The molecule has 1 aliphatic heterocycles. The van der Waals surface area contributed by atoms with E-state index in [2.05, 4.69) is 20.8 Å². The highest BCUT2D eigenvalue weighted by Crippen LogP contribution is 2.24. The number of amides is 3. The van der Waals surface area contributed by atoms with Crippen molar-refractivity contribution in [2.45, 2.75) is 38.8 Å². The summed E-state index contributed by atoms with van der Waals surface area (Å²) in [5.74, 6) is 0.797. The number of anilines is 2. The van der Waals surface area contributed by atoms with Gasteiger partial charge in [-0.05, 0) is 38.0 Å². The van der Waals surface area contributed by atoms with E-state index in [1.807, 2.05) is 23.6 Å². The van der Waals surface area contributed by atoms with Crippen LogP contribution >= 0.6 is 0 Å². The maximum atomic E-state index is 12.4. The summed E-state index contributed by atoms with van der Waals surface area (Å²) < 4.78 is 6.97. The van der Waals surface area contributed by atoms with E-state index in [0.717, 1.165) is 25.1 Å². The molecular formula is C19H26N6O3. The lowest BCUT2D eigenvalue weighted by atomic mass is 10.2. The molecule has 0 bridgehead atoms. The van der Waals surface area contributed by atoms with E-state index < -0.39 is 0 Å². The number of hydrogen-bond donors (Lipinski definition) is 2. The predicted molar refractivity (Wildman–Crippen MR) is 105 cm³/mol. The van der Waals surface area contributed by atoms with Crippen LogP contribution in [-0.2, 0) is 16.1 Å². The fourth-order valence-corrected chi connectivity index (χ4v) is 3.25. The van der Waals surface area contributed by atoms with Gasteiger partial charge in [0, 0.05) is 44.6 Å². The van der Waals surface area contributed by atoms with Crippen LogP contribution in [-0.4, -0.2) is 47.0 Å². The highest BCUT2D eigenvalue weighted by Gasteiger charge is 2.22. The fraction of sp³-hybridized carbons (Fsp3) is 0.474. The van der Waals surface area contributed by atoms with Gasteiger partial charge in [0.05, 0.1) is 6.04 Å². The van der Waals surface area contributed by atoms with Gasteiger partial charge in [-0.3, -0.25) is 4.79 Å². The number of carbonyl (C=O) groups is 2. The zero-order chi connectivity index (χ0) is 19.9. The van der Waals surface area contributed by atoms with Crippen molar-refractivity contribution in [3.63, 3.8) is 0 Å². The van der Waals surface area contributed by atoms with Crippen molar-refractivity contribution in [3.05, 3.63) is 36.4 Å². The summed E-state index contributed by atoms with van der Waals surface area (Å²) in [7, 11) is 1.66. The number of urea groups is 1. The van der Waals surface area contributed by atoms with E-state index in [9.17, 15) is 9.59 Å². The monoisotopic (exact) mass is 386 g/mol. The number of aromatic nitrogens is 3. The van der Waals surface area contributed by atoms with Crippen LogP contribution in [0, 0.1) is 0 Å². The Morgan fingerprint density at radius 3 is 3.00 bits per heavy atom. The summed E-state index contributed by atoms with van der Waals surface area (Å²) in [6.45, 7) is 3.94. The summed E-state index contributed by atoms with van der Waals surface area (Å²) in [5, 5.41) is 13.7. The van der Waals surface area contributed by atoms with Gasteiger partial charge in [0.1, 0.15) is 6.33 Å². The van der Waals surface area contributed by atoms with E-state index >= 15 is 0 Å². The van der Waals surface area contributed by atoms with Crippen molar-refractivity contribution < 1.29 is 14.3 Å². The molecule has 0 spiro atoms. The average Bonchev–Trinajstić information content (AvgIpc) is 3.31. The second-order valence-electron chi connectivity index (χ2n) is 6.75. The van der Waals surface area contributed by atoms with Gasteiger partial charge in [-0.1, -0.05) is 6.07 Å². The van der Waals surface area contributed by atoms with Gasteiger partial charge in [-0.15, -0.1) is 10.2 Å². The number of rotatable bonds is 8. The first kappa shape index (κ1) is 19.8. The summed E-state index contributed by atoms with van der Waals surface area (Å²) in [6, 6.07) is 6.64. The summed E-state index contributed by atoms with van der Waals surface area (Å²) in [4.78, 5) is 26.1. The minimum atomic E-state index is -0.344. The number of carbonyl (C=O) groups excluding carboxylic acids is 2. The molecule has 0 radical (unpaired) electrons. The van der Waals surface area contributed by atoms with Gasteiger partial charge in [0.25, 0.3) is 0 Å². The van der Waals surface area contributed by atoms with Crippen molar-refractivity contribution in [1.82, 2.24) is 20.1 Å². The molecule has 1 aliphatic rings. The van der Waals surface area contributed by atoms with E-state index in [-0.39, 0.29) is 18.0 Å². The molecule has 2 heterocycles. The Kier molecular flexibility index (Phi) is 6.59. The normalized spacial score (nSPS) is 14.9. The lowest BCUT2D eigenvalue weighted by molar-refractivity contribution is -0.117. The standard InChI is InChI=1S/C19H26N6O3/c1-14(18-23-20-13-24(18)9-5-11-28-2)21-19(27)22-15-6-3-7-16(12-15)25-10-4-8-17(25)26/h3,6-7,12-14H,4-5,8-11H2,1-2H3,(H2,21,22,27)/t14-/m0/s1. The van der Waals surface area contributed by atoms with Crippen LogP contribution in [0.2, 0.25) is 0 Å². The highest BCUT2D eigenvalue weighted by molar-refractivity contribution is 5.96. The first-order chi connectivity index (χ1) is 13.6. The number of aryl methyl sites for hydroxylation is 1. The van der Waals surface area contributed by atoms with Crippen LogP contribution in [0.4, 0.5) is 16.2 Å². The van der Waals surface area contributed by atoms with Crippen LogP contribution in [0.15, 0.2) is 30.6 Å². The fourth-order valence-electron chi connectivity index (χ4n) is 3.25. The number of ether oxygens (including phenoxy) is 1. The lowest BCUT2D eigenvalue weighted by Gasteiger charge is -2.18. The number of hydrogen-bond acceptors (Lipinski definition) is 5. The molecule has 2 N–H and O–H groups in total. The minimum absolute atomic E-state index is 0.114. The van der Waals surface area contributed by atoms with Crippen molar-refractivity contribution in [1.29, 1.82) is 0 Å². The molecule has 1 aromatic carbocycles. The Morgan fingerprint density at radius 2 is 2.25 bits per heavy atom. The first-order valence-corrected chi connectivity index (χ1v) is 9.43. The van der Waals surface area contributed by atoms with E-state index in [1.165, 1.54) is 0 Å². The highest BCUT2D eigenvalue weighted by atomic mass is 16.5. The Balaban J connectivity index is 1.58. The van der Waals surface area contributed by atoms with Gasteiger partial charge in [-0.2, -0.15) is 0 Å². The molecule has 1 atom stereocenters. The molecule has 9 nitrogen and oxygen atoms in total.